The molecule has 6 heteroatoms. The first-order chi connectivity index (χ1) is 28.3. The molecule has 1 unspecified atom stereocenters. The van der Waals surface area contributed by atoms with E-state index < -0.39 is 6.10 Å². The van der Waals surface area contributed by atoms with E-state index in [9.17, 15) is 14.4 Å². The zero-order chi connectivity index (χ0) is 42.6. The van der Waals surface area contributed by atoms with E-state index in [0.29, 0.717) is 19.3 Å². The second-order valence-electron chi connectivity index (χ2n) is 18.5. The minimum Gasteiger partial charge on any atom is -0.462 e. The SMILES string of the molecule is CCCCCCCCCC(=O)O[C@@H](COC(=O)CCCCCCCCCCCCCCCCCCCCC(C)C)COC(=O)CCCCCCCCCCC(C)CC. The van der Waals surface area contributed by atoms with Crippen LogP contribution in [0.2, 0.25) is 0 Å². The summed E-state index contributed by atoms with van der Waals surface area (Å²) < 4.78 is 16.7. The molecule has 344 valence electrons. The van der Waals surface area contributed by atoms with Crippen molar-refractivity contribution in [2.45, 2.75) is 291 Å². The van der Waals surface area contributed by atoms with E-state index >= 15 is 0 Å². The van der Waals surface area contributed by atoms with Gasteiger partial charge in [-0.15, -0.1) is 0 Å². The van der Waals surface area contributed by atoms with Crippen LogP contribution in [0.4, 0.5) is 0 Å². The van der Waals surface area contributed by atoms with Crippen molar-refractivity contribution in [1.29, 1.82) is 0 Å². The first-order valence-electron chi connectivity index (χ1n) is 25.8. The van der Waals surface area contributed by atoms with Gasteiger partial charge in [0.25, 0.3) is 0 Å². The van der Waals surface area contributed by atoms with Crippen LogP contribution in [0, 0.1) is 11.8 Å². The standard InChI is InChI=1S/C52H100O6/c1-6-8-9-10-25-34-39-44-52(55)58-49(46-57-51(54)43-38-33-29-24-23-27-31-36-41-48(5)7-2)45-56-50(53)42-37-32-28-22-20-18-16-14-12-11-13-15-17-19-21-26-30-35-40-47(3)4/h47-49H,6-46H2,1-5H3/t48?,49-/m0/s1. The molecule has 0 saturated carbocycles. The fourth-order valence-corrected chi connectivity index (χ4v) is 7.78. The van der Waals surface area contributed by atoms with E-state index in [1.165, 1.54) is 173 Å². The van der Waals surface area contributed by atoms with Crippen molar-refractivity contribution in [2.75, 3.05) is 13.2 Å². The van der Waals surface area contributed by atoms with Crippen LogP contribution in [0.1, 0.15) is 285 Å². The fraction of sp³-hybridized carbons (Fsp3) is 0.942. The molecule has 0 aliphatic rings. The molecule has 6 nitrogen and oxygen atoms in total. The molecule has 0 heterocycles. The van der Waals surface area contributed by atoms with Crippen molar-refractivity contribution in [3.05, 3.63) is 0 Å². The Labute approximate surface area is 361 Å². The monoisotopic (exact) mass is 821 g/mol. The van der Waals surface area contributed by atoms with Crippen LogP contribution in [-0.2, 0) is 28.6 Å². The maximum absolute atomic E-state index is 12.6. The predicted octanol–water partition coefficient (Wildman–Crippen LogP) is 16.5. The third kappa shape index (κ3) is 44.0. The first-order valence-corrected chi connectivity index (χ1v) is 25.8. The third-order valence-electron chi connectivity index (χ3n) is 12.1. The van der Waals surface area contributed by atoms with E-state index in [4.69, 9.17) is 14.2 Å². The highest BCUT2D eigenvalue weighted by Crippen LogP contribution is 2.18. The quantitative estimate of drug-likeness (QED) is 0.0346. The molecule has 0 aromatic rings. The smallest absolute Gasteiger partial charge is 0.306 e. The molecule has 0 aliphatic heterocycles. The van der Waals surface area contributed by atoms with Crippen molar-refractivity contribution in [1.82, 2.24) is 0 Å². The van der Waals surface area contributed by atoms with Crippen LogP contribution in [-0.4, -0.2) is 37.2 Å². The predicted molar refractivity (Wildman–Crippen MR) is 247 cm³/mol. The second-order valence-corrected chi connectivity index (χ2v) is 18.5. The summed E-state index contributed by atoms with van der Waals surface area (Å²) in [5.74, 6) is 0.849. The molecule has 0 saturated heterocycles. The topological polar surface area (TPSA) is 78.9 Å². The van der Waals surface area contributed by atoms with Crippen molar-refractivity contribution in [3.63, 3.8) is 0 Å². The maximum atomic E-state index is 12.6. The van der Waals surface area contributed by atoms with Gasteiger partial charge >= 0.3 is 17.9 Å². The number of esters is 3. The lowest BCUT2D eigenvalue weighted by atomic mass is 9.99. The number of hydrogen-bond acceptors (Lipinski definition) is 6. The summed E-state index contributed by atoms with van der Waals surface area (Å²) in [6.45, 7) is 11.4. The fourth-order valence-electron chi connectivity index (χ4n) is 7.78. The summed E-state index contributed by atoms with van der Waals surface area (Å²) >= 11 is 0. The van der Waals surface area contributed by atoms with Gasteiger partial charge in [0.05, 0.1) is 0 Å². The summed E-state index contributed by atoms with van der Waals surface area (Å²) in [5, 5.41) is 0. The van der Waals surface area contributed by atoms with Gasteiger partial charge in [-0.1, -0.05) is 247 Å². The van der Waals surface area contributed by atoms with Crippen molar-refractivity contribution in [3.8, 4) is 0 Å². The molecule has 58 heavy (non-hydrogen) atoms. The average molecular weight is 821 g/mol. The number of carbonyl (C=O) groups is 3. The molecule has 0 aromatic heterocycles. The lowest BCUT2D eigenvalue weighted by molar-refractivity contribution is -0.167. The average Bonchev–Trinajstić information content (AvgIpc) is 3.21. The molecule has 0 N–H and O–H groups in total. The Kier molecular flexibility index (Phi) is 43.7. The van der Waals surface area contributed by atoms with Crippen molar-refractivity contribution in [2.24, 2.45) is 11.8 Å². The molecule has 0 bridgehead atoms. The Hall–Kier alpha value is -1.59. The molecule has 2 atom stereocenters. The van der Waals surface area contributed by atoms with Gasteiger partial charge in [0.2, 0.25) is 0 Å². The zero-order valence-corrected chi connectivity index (χ0v) is 39.7. The Morgan fingerprint density at radius 3 is 0.983 bits per heavy atom. The van der Waals surface area contributed by atoms with Crippen LogP contribution in [0.15, 0.2) is 0 Å². The van der Waals surface area contributed by atoms with E-state index in [0.717, 1.165) is 69.6 Å². The molecule has 0 radical (unpaired) electrons. The normalized spacial score (nSPS) is 12.5. The molecule has 0 fully saturated rings. The van der Waals surface area contributed by atoms with Crippen LogP contribution >= 0.6 is 0 Å². The lowest BCUT2D eigenvalue weighted by Crippen LogP contribution is -2.30. The van der Waals surface area contributed by atoms with Crippen LogP contribution in [0.5, 0.6) is 0 Å². The van der Waals surface area contributed by atoms with Crippen molar-refractivity contribution < 1.29 is 28.6 Å². The molecule has 0 aromatic carbocycles. The van der Waals surface area contributed by atoms with E-state index in [1.807, 2.05) is 0 Å². The summed E-state index contributed by atoms with van der Waals surface area (Å²) in [6, 6.07) is 0. The van der Waals surface area contributed by atoms with Gasteiger partial charge in [0, 0.05) is 19.3 Å². The number of ether oxygens (including phenoxy) is 3. The Morgan fingerprint density at radius 1 is 0.362 bits per heavy atom. The Morgan fingerprint density at radius 2 is 0.655 bits per heavy atom. The lowest BCUT2D eigenvalue weighted by Gasteiger charge is -2.18. The number of unbranched alkanes of at least 4 members (excludes halogenated alkanes) is 30. The molecule has 0 rings (SSSR count). The number of rotatable bonds is 46. The minimum atomic E-state index is -0.760. The number of carbonyl (C=O) groups excluding carboxylic acids is 3. The van der Waals surface area contributed by atoms with E-state index in [2.05, 4.69) is 34.6 Å². The van der Waals surface area contributed by atoms with Gasteiger partial charge in [-0.2, -0.15) is 0 Å². The van der Waals surface area contributed by atoms with Gasteiger partial charge < -0.3 is 14.2 Å². The van der Waals surface area contributed by atoms with Gasteiger partial charge in [-0.25, -0.2) is 0 Å². The van der Waals surface area contributed by atoms with Gasteiger partial charge in [0.15, 0.2) is 6.10 Å². The summed E-state index contributed by atoms with van der Waals surface area (Å²) in [6.07, 6.45) is 45.4. The Bertz CT molecular complexity index is 887. The van der Waals surface area contributed by atoms with Gasteiger partial charge in [0.1, 0.15) is 13.2 Å². The highest BCUT2D eigenvalue weighted by molar-refractivity contribution is 5.71. The van der Waals surface area contributed by atoms with Gasteiger partial charge in [-0.3, -0.25) is 14.4 Å². The summed E-state index contributed by atoms with van der Waals surface area (Å²) in [5.41, 5.74) is 0. The van der Waals surface area contributed by atoms with E-state index in [1.54, 1.807) is 0 Å². The third-order valence-corrected chi connectivity index (χ3v) is 12.1. The molecular formula is C52H100O6. The van der Waals surface area contributed by atoms with Crippen LogP contribution < -0.4 is 0 Å². The molecule has 0 aliphatic carbocycles. The minimum absolute atomic E-state index is 0.0646. The molecule has 0 spiro atoms. The summed E-state index contributed by atoms with van der Waals surface area (Å²) in [7, 11) is 0. The zero-order valence-electron chi connectivity index (χ0n) is 39.7. The second kappa shape index (κ2) is 44.9. The highest BCUT2D eigenvalue weighted by atomic mass is 16.6. The highest BCUT2D eigenvalue weighted by Gasteiger charge is 2.19. The molecular weight excluding hydrogens is 721 g/mol. The largest absolute Gasteiger partial charge is 0.462 e. The maximum Gasteiger partial charge on any atom is 0.306 e. The van der Waals surface area contributed by atoms with E-state index in [-0.39, 0.29) is 31.1 Å². The van der Waals surface area contributed by atoms with Crippen LogP contribution in [0.3, 0.4) is 0 Å². The number of hydrogen-bond donors (Lipinski definition) is 0. The first kappa shape index (κ1) is 56.4. The van der Waals surface area contributed by atoms with Gasteiger partial charge in [-0.05, 0) is 31.1 Å². The summed E-state index contributed by atoms with van der Waals surface area (Å²) in [4.78, 5) is 37.7. The van der Waals surface area contributed by atoms with Crippen molar-refractivity contribution >= 4 is 17.9 Å². The Balaban J connectivity index is 4.11. The van der Waals surface area contributed by atoms with Crippen LogP contribution in [0.25, 0.3) is 0 Å². The molecule has 0 amide bonds.